The van der Waals surface area contributed by atoms with Crippen molar-refractivity contribution < 1.29 is 4.74 Å². The van der Waals surface area contributed by atoms with Crippen LogP contribution in [0.2, 0.25) is 0 Å². The van der Waals surface area contributed by atoms with Gasteiger partial charge in [-0.3, -0.25) is 4.90 Å². The molecule has 0 radical (unpaired) electrons. The molecule has 0 aliphatic carbocycles. The molecule has 1 aromatic rings. The van der Waals surface area contributed by atoms with E-state index in [4.69, 9.17) is 4.74 Å². The third-order valence-electron chi connectivity index (χ3n) is 4.95. The molecule has 1 atom stereocenters. The molecule has 4 heteroatoms. The lowest BCUT2D eigenvalue weighted by Gasteiger charge is -2.47. The van der Waals surface area contributed by atoms with Crippen molar-refractivity contribution in [3.63, 3.8) is 0 Å². The number of hydrogen-bond donors (Lipinski definition) is 1. The lowest BCUT2D eigenvalue weighted by Crippen LogP contribution is -2.63. The van der Waals surface area contributed by atoms with Gasteiger partial charge in [0.25, 0.3) is 0 Å². The number of nitrogens with one attached hydrogen (secondary N) is 1. The molecule has 2 heterocycles. The quantitative estimate of drug-likeness (QED) is 0.874. The molecule has 0 amide bonds. The van der Waals surface area contributed by atoms with E-state index in [0.717, 1.165) is 19.6 Å². The molecule has 0 saturated carbocycles. The van der Waals surface area contributed by atoms with Gasteiger partial charge >= 0.3 is 0 Å². The molecule has 1 aromatic heterocycles. The summed E-state index contributed by atoms with van der Waals surface area (Å²) in [5.74, 6) is 0.683. The number of aromatic nitrogens is 1. The molecule has 1 fully saturated rings. The zero-order valence-corrected chi connectivity index (χ0v) is 13.9. The standard InChI is InChI=1S/C17H29N3O/c1-5-15-11-19-17(6-2,7-3)13-20(15)12-14-8-9-16(21-4)18-10-14/h8-10,15,19H,5-7,11-13H2,1-4H3. The summed E-state index contributed by atoms with van der Waals surface area (Å²) >= 11 is 0. The van der Waals surface area contributed by atoms with E-state index in [1.807, 2.05) is 12.3 Å². The Balaban J connectivity index is 2.09. The maximum atomic E-state index is 5.13. The summed E-state index contributed by atoms with van der Waals surface area (Å²) in [5.41, 5.74) is 1.53. The number of piperazine rings is 1. The topological polar surface area (TPSA) is 37.4 Å². The molecule has 1 aliphatic heterocycles. The fourth-order valence-electron chi connectivity index (χ4n) is 3.21. The summed E-state index contributed by atoms with van der Waals surface area (Å²) in [6, 6.07) is 4.68. The maximum Gasteiger partial charge on any atom is 0.212 e. The van der Waals surface area contributed by atoms with Crippen molar-refractivity contribution in [2.24, 2.45) is 0 Å². The fourth-order valence-corrected chi connectivity index (χ4v) is 3.21. The smallest absolute Gasteiger partial charge is 0.212 e. The molecule has 118 valence electrons. The predicted octanol–water partition coefficient (Wildman–Crippen LogP) is 2.83. The van der Waals surface area contributed by atoms with E-state index in [0.29, 0.717) is 11.9 Å². The van der Waals surface area contributed by atoms with E-state index in [1.165, 1.54) is 24.8 Å². The first-order valence-electron chi connectivity index (χ1n) is 8.14. The Kier molecular flexibility index (Phi) is 5.59. The Morgan fingerprint density at radius 1 is 1.33 bits per heavy atom. The van der Waals surface area contributed by atoms with E-state index in [9.17, 15) is 0 Å². The van der Waals surface area contributed by atoms with Crippen LogP contribution in [0.4, 0.5) is 0 Å². The van der Waals surface area contributed by atoms with Gasteiger partial charge in [0.2, 0.25) is 5.88 Å². The monoisotopic (exact) mass is 291 g/mol. The van der Waals surface area contributed by atoms with Gasteiger partial charge in [0.1, 0.15) is 0 Å². The summed E-state index contributed by atoms with van der Waals surface area (Å²) in [5, 5.41) is 3.79. The highest BCUT2D eigenvalue weighted by Gasteiger charge is 2.35. The van der Waals surface area contributed by atoms with Crippen LogP contribution < -0.4 is 10.1 Å². The molecular formula is C17H29N3O. The highest BCUT2D eigenvalue weighted by molar-refractivity contribution is 5.18. The molecule has 1 saturated heterocycles. The second kappa shape index (κ2) is 7.23. The van der Waals surface area contributed by atoms with E-state index < -0.39 is 0 Å². The van der Waals surface area contributed by atoms with E-state index in [2.05, 4.69) is 42.0 Å². The minimum atomic E-state index is 0.269. The van der Waals surface area contributed by atoms with Crippen molar-refractivity contribution in [1.82, 2.24) is 15.2 Å². The molecule has 1 N–H and O–H groups in total. The first-order chi connectivity index (χ1) is 10.2. The average Bonchev–Trinajstić information content (AvgIpc) is 2.55. The van der Waals surface area contributed by atoms with Gasteiger partial charge in [0.05, 0.1) is 7.11 Å². The Bertz CT molecular complexity index is 428. The lowest BCUT2D eigenvalue weighted by molar-refractivity contribution is 0.0642. The number of nitrogens with zero attached hydrogens (tertiary/aromatic N) is 2. The van der Waals surface area contributed by atoms with Crippen molar-refractivity contribution in [2.75, 3.05) is 20.2 Å². The van der Waals surface area contributed by atoms with Crippen LogP contribution in [0, 0.1) is 0 Å². The Hall–Kier alpha value is -1.13. The zero-order chi connectivity index (χ0) is 15.3. The van der Waals surface area contributed by atoms with Crippen molar-refractivity contribution >= 4 is 0 Å². The van der Waals surface area contributed by atoms with Crippen LogP contribution in [0.1, 0.15) is 45.6 Å². The molecule has 4 nitrogen and oxygen atoms in total. The average molecular weight is 291 g/mol. The predicted molar refractivity (Wildman–Crippen MR) is 86.6 cm³/mol. The van der Waals surface area contributed by atoms with E-state index in [-0.39, 0.29) is 5.54 Å². The Morgan fingerprint density at radius 3 is 2.62 bits per heavy atom. The molecule has 1 unspecified atom stereocenters. The molecule has 1 aliphatic rings. The first kappa shape index (κ1) is 16.2. The van der Waals surface area contributed by atoms with Gasteiger partial charge in [-0.25, -0.2) is 4.98 Å². The summed E-state index contributed by atoms with van der Waals surface area (Å²) in [7, 11) is 1.66. The minimum Gasteiger partial charge on any atom is -0.481 e. The summed E-state index contributed by atoms with van der Waals surface area (Å²) in [4.78, 5) is 6.94. The number of hydrogen-bond acceptors (Lipinski definition) is 4. The summed E-state index contributed by atoms with van der Waals surface area (Å²) in [6.07, 6.45) is 5.47. The second-order valence-electron chi connectivity index (χ2n) is 6.04. The molecular weight excluding hydrogens is 262 g/mol. The normalized spacial score (nSPS) is 22.2. The highest BCUT2D eigenvalue weighted by Crippen LogP contribution is 2.25. The molecule has 0 spiro atoms. The maximum absolute atomic E-state index is 5.13. The number of methoxy groups -OCH3 is 1. The SMILES string of the molecule is CCC1CNC(CC)(CC)CN1Cc1ccc(OC)nc1. The van der Waals surface area contributed by atoms with Gasteiger partial charge in [-0.05, 0) is 24.8 Å². The van der Waals surface area contributed by atoms with Gasteiger partial charge in [-0.15, -0.1) is 0 Å². The lowest BCUT2D eigenvalue weighted by atomic mass is 9.88. The van der Waals surface area contributed by atoms with Crippen LogP contribution in [0.5, 0.6) is 5.88 Å². The largest absolute Gasteiger partial charge is 0.481 e. The highest BCUT2D eigenvalue weighted by atomic mass is 16.5. The number of pyridine rings is 1. The van der Waals surface area contributed by atoms with Crippen molar-refractivity contribution in [3.8, 4) is 5.88 Å². The van der Waals surface area contributed by atoms with Gasteiger partial charge in [-0.1, -0.05) is 26.8 Å². The fraction of sp³-hybridized carbons (Fsp3) is 0.706. The molecule has 21 heavy (non-hydrogen) atoms. The van der Waals surface area contributed by atoms with Crippen LogP contribution in [0.15, 0.2) is 18.3 Å². The second-order valence-corrected chi connectivity index (χ2v) is 6.04. The third kappa shape index (κ3) is 3.74. The zero-order valence-electron chi connectivity index (χ0n) is 13.9. The van der Waals surface area contributed by atoms with E-state index in [1.54, 1.807) is 7.11 Å². The minimum absolute atomic E-state index is 0.269. The van der Waals surface area contributed by atoms with Gasteiger partial charge < -0.3 is 10.1 Å². The van der Waals surface area contributed by atoms with Crippen molar-refractivity contribution in [2.45, 2.75) is 58.2 Å². The van der Waals surface area contributed by atoms with E-state index >= 15 is 0 Å². The van der Waals surface area contributed by atoms with Crippen LogP contribution in [-0.2, 0) is 6.54 Å². The van der Waals surface area contributed by atoms with Crippen molar-refractivity contribution in [1.29, 1.82) is 0 Å². The Morgan fingerprint density at radius 2 is 2.10 bits per heavy atom. The van der Waals surface area contributed by atoms with Crippen molar-refractivity contribution in [3.05, 3.63) is 23.9 Å². The summed E-state index contributed by atoms with van der Waals surface area (Å²) in [6.45, 7) is 10.0. The number of ether oxygens (including phenoxy) is 1. The van der Waals surface area contributed by atoms with Gasteiger partial charge in [-0.2, -0.15) is 0 Å². The van der Waals surface area contributed by atoms with Crippen LogP contribution >= 0.6 is 0 Å². The molecule has 0 aromatic carbocycles. The number of rotatable bonds is 6. The third-order valence-corrected chi connectivity index (χ3v) is 4.95. The molecule has 0 bridgehead atoms. The van der Waals surface area contributed by atoms with Gasteiger partial charge in [0, 0.05) is 43.5 Å². The van der Waals surface area contributed by atoms with Crippen LogP contribution in [-0.4, -0.2) is 41.7 Å². The summed E-state index contributed by atoms with van der Waals surface area (Å²) < 4.78 is 5.13. The Labute approximate surface area is 128 Å². The van der Waals surface area contributed by atoms with Crippen LogP contribution in [0.25, 0.3) is 0 Å². The van der Waals surface area contributed by atoms with Crippen LogP contribution in [0.3, 0.4) is 0 Å². The van der Waals surface area contributed by atoms with Gasteiger partial charge in [0.15, 0.2) is 0 Å². The first-order valence-corrected chi connectivity index (χ1v) is 8.14. The molecule has 2 rings (SSSR count).